The molecule has 2 aromatic heterocycles. The van der Waals surface area contributed by atoms with Crippen LogP contribution in [0.15, 0.2) is 22.2 Å². The van der Waals surface area contributed by atoms with E-state index in [1.54, 1.807) is 4.57 Å². The van der Waals surface area contributed by atoms with Crippen LogP contribution in [0.5, 0.6) is 0 Å². The van der Waals surface area contributed by atoms with Gasteiger partial charge in [-0.3, -0.25) is 9.35 Å². The number of anilines is 1. The number of carboxylic acids is 1. The van der Waals surface area contributed by atoms with Crippen molar-refractivity contribution in [2.45, 2.75) is 25.8 Å². The summed E-state index contributed by atoms with van der Waals surface area (Å²) < 4.78 is 42.7. The summed E-state index contributed by atoms with van der Waals surface area (Å²) >= 11 is 0. The first-order valence-electron chi connectivity index (χ1n) is 11.0. The minimum absolute atomic E-state index is 0.00882. The van der Waals surface area contributed by atoms with E-state index in [9.17, 15) is 23.1 Å². The zero-order valence-electron chi connectivity index (χ0n) is 19.2. The number of aromatic carboxylic acids is 1. The van der Waals surface area contributed by atoms with Gasteiger partial charge in [0.2, 0.25) is 5.43 Å². The summed E-state index contributed by atoms with van der Waals surface area (Å²) in [6, 6.07) is 1.20. The number of hydrogen-bond donors (Lipinski definition) is 3. The first-order valence-corrected chi connectivity index (χ1v) is 12.8. The number of oxime groups is 1. The Bertz CT molecular complexity index is 1360. The van der Waals surface area contributed by atoms with E-state index in [1.165, 1.54) is 6.20 Å². The fraction of sp³-hybridized carbons (Fsp3) is 0.524. The molecule has 3 N–H and O–H groups in total. The SMILES string of the molecule is CCON=C1CN(c2nc3c(cc2F)c(=O)c(C(=O)O)cn3C2CC2)CC12CNC2.CS(=O)(=O)O. The number of halogens is 1. The highest BCUT2D eigenvalue weighted by atomic mass is 32.2. The summed E-state index contributed by atoms with van der Waals surface area (Å²) in [6.07, 6.45) is 3.79. The summed E-state index contributed by atoms with van der Waals surface area (Å²) in [5.41, 5.74) is -0.117. The van der Waals surface area contributed by atoms with Gasteiger partial charge in [-0.1, -0.05) is 5.16 Å². The summed E-state index contributed by atoms with van der Waals surface area (Å²) in [7, 11) is -3.67. The van der Waals surface area contributed by atoms with Gasteiger partial charge in [-0.2, -0.15) is 8.42 Å². The molecule has 1 aliphatic carbocycles. The molecule has 35 heavy (non-hydrogen) atoms. The molecule has 1 spiro atoms. The molecule has 5 rings (SSSR count). The Morgan fingerprint density at radius 2 is 2.06 bits per heavy atom. The smallest absolute Gasteiger partial charge is 0.341 e. The van der Waals surface area contributed by atoms with E-state index < -0.39 is 27.3 Å². The molecule has 0 unspecified atom stereocenters. The maximum atomic E-state index is 15.1. The van der Waals surface area contributed by atoms with Crippen molar-refractivity contribution in [2.75, 3.05) is 43.9 Å². The van der Waals surface area contributed by atoms with Crippen LogP contribution in [0.25, 0.3) is 11.0 Å². The highest BCUT2D eigenvalue weighted by Gasteiger charge is 2.50. The lowest BCUT2D eigenvalue weighted by atomic mass is 9.79. The summed E-state index contributed by atoms with van der Waals surface area (Å²) in [4.78, 5) is 35.7. The number of fused-ring (bicyclic) bond motifs is 1. The Morgan fingerprint density at radius 3 is 2.57 bits per heavy atom. The third kappa shape index (κ3) is 5.13. The Morgan fingerprint density at radius 1 is 1.40 bits per heavy atom. The second-order valence-electron chi connectivity index (χ2n) is 8.91. The minimum atomic E-state index is -3.67. The number of pyridine rings is 2. The maximum absolute atomic E-state index is 15.1. The van der Waals surface area contributed by atoms with Crippen LogP contribution in [0.4, 0.5) is 10.2 Å². The molecule has 190 valence electrons. The molecule has 2 aromatic rings. The van der Waals surface area contributed by atoms with Crippen molar-refractivity contribution in [3.63, 3.8) is 0 Å². The number of rotatable bonds is 5. The molecule has 2 aliphatic heterocycles. The third-order valence-electron chi connectivity index (χ3n) is 6.09. The Balaban J connectivity index is 0.000000527. The maximum Gasteiger partial charge on any atom is 0.341 e. The van der Waals surface area contributed by atoms with Gasteiger partial charge in [0.25, 0.3) is 10.1 Å². The van der Waals surface area contributed by atoms with E-state index in [0.29, 0.717) is 31.6 Å². The molecule has 2 saturated heterocycles. The van der Waals surface area contributed by atoms with E-state index >= 15 is 4.39 Å². The Hall–Kier alpha value is -3.10. The van der Waals surface area contributed by atoms with Crippen molar-refractivity contribution in [1.82, 2.24) is 14.9 Å². The molecule has 0 atom stereocenters. The molecule has 3 aliphatic rings. The topological polar surface area (TPSA) is 163 Å². The molecule has 0 amide bonds. The van der Waals surface area contributed by atoms with Gasteiger partial charge < -0.3 is 24.7 Å². The zero-order chi connectivity index (χ0) is 25.5. The molecule has 12 nitrogen and oxygen atoms in total. The first kappa shape index (κ1) is 25.0. The van der Waals surface area contributed by atoms with Crippen LogP contribution in [0, 0.1) is 11.2 Å². The Kier molecular flexibility index (Phi) is 6.55. The first-order chi connectivity index (χ1) is 16.4. The predicted molar refractivity (Wildman–Crippen MR) is 125 cm³/mol. The van der Waals surface area contributed by atoms with Crippen LogP contribution in [0.1, 0.15) is 36.2 Å². The van der Waals surface area contributed by atoms with Gasteiger partial charge in [0.15, 0.2) is 11.6 Å². The zero-order valence-corrected chi connectivity index (χ0v) is 20.0. The van der Waals surface area contributed by atoms with E-state index in [2.05, 4.69) is 15.5 Å². The van der Waals surface area contributed by atoms with Crippen LogP contribution in [0.2, 0.25) is 0 Å². The number of carboxylic acid groups (broad SMARTS) is 1. The second-order valence-corrected chi connectivity index (χ2v) is 10.4. The third-order valence-corrected chi connectivity index (χ3v) is 6.09. The average molecular weight is 512 g/mol. The van der Waals surface area contributed by atoms with Crippen LogP contribution >= 0.6 is 0 Å². The van der Waals surface area contributed by atoms with Crippen molar-refractivity contribution in [2.24, 2.45) is 10.6 Å². The molecule has 0 radical (unpaired) electrons. The molecular weight excluding hydrogens is 485 g/mol. The van der Waals surface area contributed by atoms with Crippen molar-refractivity contribution in [1.29, 1.82) is 0 Å². The molecule has 4 heterocycles. The second kappa shape index (κ2) is 9.17. The van der Waals surface area contributed by atoms with Gasteiger partial charge in [-0.25, -0.2) is 14.2 Å². The summed E-state index contributed by atoms with van der Waals surface area (Å²) in [5, 5.41) is 16.9. The van der Waals surface area contributed by atoms with Gasteiger partial charge in [0.1, 0.15) is 17.8 Å². The highest BCUT2D eigenvalue weighted by molar-refractivity contribution is 7.85. The largest absolute Gasteiger partial charge is 0.477 e. The molecule has 0 bridgehead atoms. The molecule has 1 saturated carbocycles. The summed E-state index contributed by atoms with van der Waals surface area (Å²) in [5.74, 6) is -1.83. The molecular formula is C21H26FN5O7S. The lowest BCUT2D eigenvalue weighted by molar-refractivity contribution is 0.0694. The van der Waals surface area contributed by atoms with Gasteiger partial charge in [-0.15, -0.1) is 0 Å². The number of nitrogens with zero attached hydrogens (tertiary/aromatic N) is 4. The average Bonchev–Trinajstić information content (AvgIpc) is 3.50. The standard InChI is InChI=1S/C20H22FN5O4.CH4O3S/c1-2-30-24-15-7-25(10-20(15)8-22-9-20)18-14(21)5-12-16(27)13(19(28)29)6-26(11-3-4-11)17(12)23-18;1-5(2,3)4/h5-6,11,22H,2-4,7-10H2,1H3,(H,28,29);1H3,(H,2,3,4). The van der Waals surface area contributed by atoms with E-state index in [-0.39, 0.29) is 28.2 Å². The lowest BCUT2D eigenvalue weighted by Gasteiger charge is -2.38. The van der Waals surface area contributed by atoms with Crippen LogP contribution in [0.3, 0.4) is 0 Å². The molecule has 14 heteroatoms. The number of nitrogens with one attached hydrogen (secondary N) is 1. The fourth-order valence-electron chi connectivity index (χ4n) is 4.26. The van der Waals surface area contributed by atoms with E-state index in [4.69, 9.17) is 9.39 Å². The normalized spacial score (nSPS) is 20.0. The van der Waals surface area contributed by atoms with Crippen LogP contribution < -0.4 is 15.6 Å². The van der Waals surface area contributed by atoms with Crippen molar-refractivity contribution < 1.29 is 32.1 Å². The summed E-state index contributed by atoms with van der Waals surface area (Å²) in [6.45, 7) is 4.71. The van der Waals surface area contributed by atoms with Crippen LogP contribution in [-0.4, -0.2) is 78.4 Å². The Labute approximate surface area is 200 Å². The number of hydrogen-bond acceptors (Lipinski definition) is 9. The van der Waals surface area contributed by atoms with E-state index in [0.717, 1.165) is 37.7 Å². The molecule has 3 fully saturated rings. The van der Waals surface area contributed by atoms with E-state index in [1.807, 2.05) is 11.8 Å². The van der Waals surface area contributed by atoms with Crippen molar-refractivity contribution >= 4 is 38.7 Å². The fourth-order valence-corrected chi connectivity index (χ4v) is 4.26. The van der Waals surface area contributed by atoms with Crippen LogP contribution in [-0.2, 0) is 15.0 Å². The van der Waals surface area contributed by atoms with Gasteiger partial charge in [0.05, 0.1) is 29.3 Å². The quantitative estimate of drug-likeness (QED) is 0.388. The predicted octanol–water partition coefficient (Wildman–Crippen LogP) is 0.875. The van der Waals surface area contributed by atoms with Crippen molar-refractivity contribution in [3.8, 4) is 0 Å². The number of carbonyl (C=O) groups is 1. The van der Waals surface area contributed by atoms with Gasteiger partial charge in [0, 0.05) is 31.9 Å². The highest BCUT2D eigenvalue weighted by Crippen LogP contribution is 2.39. The minimum Gasteiger partial charge on any atom is -0.477 e. The molecule has 0 aromatic carbocycles. The van der Waals surface area contributed by atoms with Gasteiger partial charge >= 0.3 is 5.97 Å². The monoisotopic (exact) mass is 511 g/mol. The lowest BCUT2D eigenvalue weighted by Crippen LogP contribution is -2.58. The van der Waals surface area contributed by atoms with Crippen molar-refractivity contribution in [3.05, 3.63) is 33.9 Å². The number of aromatic nitrogens is 2. The van der Waals surface area contributed by atoms with Gasteiger partial charge in [-0.05, 0) is 25.8 Å².